The molecule has 2 aromatic carbocycles. The van der Waals surface area contributed by atoms with Crippen LogP contribution >= 0.6 is 15.9 Å². The molecule has 0 radical (unpaired) electrons. The van der Waals surface area contributed by atoms with Crippen LogP contribution in [0.2, 0.25) is 0 Å². The summed E-state index contributed by atoms with van der Waals surface area (Å²) in [4.78, 5) is 2.32. The molecule has 0 aliphatic carbocycles. The van der Waals surface area contributed by atoms with E-state index in [1.807, 2.05) is 12.1 Å². The standard InChI is InChI=1S/C20H19BrN2O/c1-15-5-7-18(8-6-15)23-11-12-24-20(23)16-9-10-22(14-16)19-4-2-3-17(21)13-19/h2-10,13-14,20H,11-12H2,1H3/t20-/m1/s1. The highest BCUT2D eigenvalue weighted by Crippen LogP contribution is 2.33. The molecule has 24 heavy (non-hydrogen) atoms. The van der Waals surface area contributed by atoms with Gasteiger partial charge < -0.3 is 14.2 Å². The molecular weight excluding hydrogens is 364 g/mol. The third-order valence-corrected chi connectivity index (χ3v) is 4.86. The quantitative estimate of drug-likeness (QED) is 0.627. The molecule has 1 aliphatic heterocycles. The number of aromatic nitrogens is 1. The number of hydrogen-bond donors (Lipinski definition) is 0. The van der Waals surface area contributed by atoms with Crippen molar-refractivity contribution >= 4 is 21.6 Å². The summed E-state index contributed by atoms with van der Waals surface area (Å²) in [6.07, 6.45) is 4.21. The third-order valence-electron chi connectivity index (χ3n) is 4.36. The second-order valence-corrected chi connectivity index (χ2v) is 7.00. The van der Waals surface area contributed by atoms with E-state index < -0.39 is 0 Å². The summed E-state index contributed by atoms with van der Waals surface area (Å²) in [5.41, 5.74) is 4.79. The van der Waals surface area contributed by atoms with Crippen LogP contribution in [0.1, 0.15) is 17.4 Å². The fraction of sp³-hybridized carbons (Fsp3) is 0.200. The first kappa shape index (κ1) is 15.5. The number of anilines is 1. The summed E-state index contributed by atoms with van der Waals surface area (Å²) in [5, 5.41) is 0. The molecule has 0 spiro atoms. The molecule has 1 aliphatic rings. The number of ether oxygens (including phenoxy) is 1. The van der Waals surface area contributed by atoms with Crippen LogP contribution in [0.4, 0.5) is 5.69 Å². The lowest BCUT2D eigenvalue weighted by Crippen LogP contribution is -2.22. The van der Waals surface area contributed by atoms with E-state index in [1.54, 1.807) is 0 Å². The van der Waals surface area contributed by atoms with Crippen LogP contribution in [0.15, 0.2) is 71.5 Å². The van der Waals surface area contributed by atoms with Crippen molar-refractivity contribution in [2.24, 2.45) is 0 Å². The van der Waals surface area contributed by atoms with E-state index in [0.717, 1.165) is 23.3 Å². The summed E-state index contributed by atoms with van der Waals surface area (Å²) in [6.45, 7) is 3.77. The molecule has 4 rings (SSSR count). The molecule has 0 bridgehead atoms. The van der Waals surface area contributed by atoms with Crippen molar-refractivity contribution in [3.05, 3.63) is 82.6 Å². The zero-order valence-electron chi connectivity index (χ0n) is 13.5. The largest absolute Gasteiger partial charge is 0.352 e. The monoisotopic (exact) mass is 382 g/mol. The van der Waals surface area contributed by atoms with Gasteiger partial charge in [-0.15, -0.1) is 0 Å². The maximum atomic E-state index is 6.01. The van der Waals surface area contributed by atoms with Gasteiger partial charge in [-0.05, 0) is 43.3 Å². The predicted molar refractivity (Wildman–Crippen MR) is 101 cm³/mol. The summed E-state index contributed by atoms with van der Waals surface area (Å²) in [5.74, 6) is 0. The van der Waals surface area contributed by atoms with E-state index in [-0.39, 0.29) is 6.23 Å². The summed E-state index contributed by atoms with van der Waals surface area (Å²) < 4.78 is 9.22. The van der Waals surface area contributed by atoms with E-state index in [1.165, 1.54) is 16.8 Å². The van der Waals surface area contributed by atoms with E-state index >= 15 is 0 Å². The Morgan fingerprint density at radius 1 is 1.04 bits per heavy atom. The number of aryl methyl sites for hydroxylation is 1. The molecule has 1 atom stereocenters. The van der Waals surface area contributed by atoms with Crippen molar-refractivity contribution in [2.45, 2.75) is 13.2 Å². The normalized spacial score (nSPS) is 17.4. The van der Waals surface area contributed by atoms with Gasteiger partial charge in [0.2, 0.25) is 0 Å². The SMILES string of the molecule is Cc1ccc(N2CCO[C@@H]2c2ccn(-c3cccc(Br)c3)c2)cc1. The number of halogens is 1. The Kier molecular flexibility index (Phi) is 4.17. The second kappa shape index (κ2) is 6.46. The van der Waals surface area contributed by atoms with Gasteiger partial charge in [0, 0.05) is 40.3 Å². The van der Waals surface area contributed by atoms with E-state index in [4.69, 9.17) is 4.74 Å². The molecule has 0 saturated carbocycles. The van der Waals surface area contributed by atoms with Crippen LogP contribution < -0.4 is 4.90 Å². The molecule has 0 amide bonds. The Balaban J connectivity index is 1.62. The molecule has 0 unspecified atom stereocenters. The first-order valence-corrected chi connectivity index (χ1v) is 8.89. The Morgan fingerprint density at radius 3 is 2.67 bits per heavy atom. The number of nitrogens with zero attached hydrogens (tertiary/aromatic N) is 2. The van der Waals surface area contributed by atoms with Crippen LogP contribution in [0, 0.1) is 6.92 Å². The van der Waals surface area contributed by atoms with E-state index in [0.29, 0.717) is 0 Å². The maximum Gasteiger partial charge on any atom is 0.158 e. The average Bonchev–Trinajstić information content (AvgIpc) is 3.24. The lowest BCUT2D eigenvalue weighted by molar-refractivity contribution is 0.114. The van der Waals surface area contributed by atoms with Gasteiger partial charge in [0.15, 0.2) is 6.23 Å². The van der Waals surface area contributed by atoms with Crippen molar-refractivity contribution in [3.63, 3.8) is 0 Å². The van der Waals surface area contributed by atoms with Gasteiger partial charge in [0.1, 0.15) is 0 Å². The summed E-state index contributed by atoms with van der Waals surface area (Å²) >= 11 is 3.53. The van der Waals surface area contributed by atoms with E-state index in [2.05, 4.69) is 87.2 Å². The average molecular weight is 383 g/mol. The fourth-order valence-corrected chi connectivity index (χ4v) is 3.49. The molecule has 1 fully saturated rings. The zero-order chi connectivity index (χ0) is 16.5. The molecule has 1 saturated heterocycles. The number of benzene rings is 2. The predicted octanol–water partition coefficient (Wildman–Crippen LogP) is 5.08. The molecule has 3 aromatic rings. The smallest absolute Gasteiger partial charge is 0.158 e. The van der Waals surface area contributed by atoms with Crippen molar-refractivity contribution in [2.75, 3.05) is 18.1 Å². The molecule has 122 valence electrons. The third kappa shape index (κ3) is 2.99. The van der Waals surface area contributed by atoms with Crippen LogP contribution in [-0.4, -0.2) is 17.7 Å². The molecular formula is C20H19BrN2O. The van der Waals surface area contributed by atoms with Gasteiger partial charge in [-0.25, -0.2) is 0 Å². The van der Waals surface area contributed by atoms with Gasteiger partial charge >= 0.3 is 0 Å². The minimum absolute atomic E-state index is 0.0268. The minimum Gasteiger partial charge on any atom is -0.352 e. The van der Waals surface area contributed by atoms with Crippen LogP contribution in [-0.2, 0) is 4.74 Å². The lowest BCUT2D eigenvalue weighted by Gasteiger charge is -2.24. The van der Waals surface area contributed by atoms with Gasteiger partial charge in [-0.2, -0.15) is 0 Å². The number of rotatable bonds is 3. The second-order valence-electron chi connectivity index (χ2n) is 6.08. The van der Waals surface area contributed by atoms with Gasteiger partial charge in [-0.1, -0.05) is 39.7 Å². The fourth-order valence-electron chi connectivity index (χ4n) is 3.10. The Morgan fingerprint density at radius 2 is 1.88 bits per heavy atom. The Labute approximate surface area is 150 Å². The zero-order valence-corrected chi connectivity index (χ0v) is 15.1. The molecule has 2 heterocycles. The van der Waals surface area contributed by atoms with Crippen molar-refractivity contribution in [1.82, 2.24) is 4.57 Å². The minimum atomic E-state index is -0.0268. The Bertz CT molecular complexity index is 841. The van der Waals surface area contributed by atoms with Gasteiger partial charge in [0.05, 0.1) is 6.61 Å². The lowest BCUT2D eigenvalue weighted by atomic mass is 10.2. The van der Waals surface area contributed by atoms with Crippen LogP contribution in [0.3, 0.4) is 0 Å². The van der Waals surface area contributed by atoms with E-state index in [9.17, 15) is 0 Å². The highest BCUT2D eigenvalue weighted by Gasteiger charge is 2.27. The first-order valence-electron chi connectivity index (χ1n) is 8.09. The summed E-state index contributed by atoms with van der Waals surface area (Å²) in [6, 6.07) is 19.1. The highest BCUT2D eigenvalue weighted by atomic mass is 79.9. The molecule has 1 aromatic heterocycles. The van der Waals surface area contributed by atoms with Crippen molar-refractivity contribution in [3.8, 4) is 5.69 Å². The number of hydrogen-bond acceptors (Lipinski definition) is 2. The van der Waals surface area contributed by atoms with Gasteiger partial charge in [0.25, 0.3) is 0 Å². The molecule has 4 heteroatoms. The Hall–Kier alpha value is -2.04. The van der Waals surface area contributed by atoms with Crippen LogP contribution in [0.25, 0.3) is 5.69 Å². The van der Waals surface area contributed by atoms with Crippen molar-refractivity contribution < 1.29 is 4.74 Å². The van der Waals surface area contributed by atoms with Crippen molar-refractivity contribution in [1.29, 1.82) is 0 Å². The molecule has 0 N–H and O–H groups in total. The highest BCUT2D eigenvalue weighted by molar-refractivity contribution is 9.10. The maximum absolute atomic E-state index is 6.01. The molecule has 3 nitrogen and oxygen atoms in total. The van der Waals surface area contributed by atoms with Crippen LogP contribution in [0.5, 0.6) is 0 Å². The summed E-state index contributed by atoms with van der Waals surface area (Å²) in [7, 11) is 0. The first-order chi connectivity index (χ1) is 11.7. The van der Waals surface area contributed by atoms with Gasteiger partial charge in [-0.3, -0.25) is 0 Å². The topological polar surface area (TPSA) is 17.4 Å².